The van der Waals surface area contributed by atoms with E-state index in [4.69, 9.17) is 5.21 Å². The van der Waals surface area contributed by atoms with E-state index >= 15 is 0 Å². The summed E-state index contributed by atoms with van der Waals surface area (Å²) in [5, 5.41) is 33.6. The molecule has 7 nitrogen and oxygen atoms in total. The summed E-state index contributed by atoms with van der Waals surface area (Å²) >= 11 is 1.40. The average molecular weight is 295 g/mol. The normalized spacial score (nSPS) is 12.9. The summed E-state index contributed by atoms with van der Waals surface area (Å²) in [7, 11) is 0. The second kappa shape index (κ2) is 5.74. The molecule has 0 bridgehead atoms. The molecule has 0 aromatic carbocycles. The molecule has 0 atom stereocenters. The molecule has 0 aliphatic rings. The molecular formula is C12H15N4O3S+. The van der Waals surface area contributed by atoms with Crippen LogP contribution in [0, 0.1) is 13.8 Å². The van der Waals surface area contributed by atoms with Crippen LogP contribution in [0.3, 0.4) is 0 Å². The minimum Gasteiger partial charge on any atom is -0.426 e. The van der Waals surface area contributed by atoms with E-state index in [2.05, 4.69) is 10.1 Å². The largest absolute Gasteiger partial charge is 0.426 e. The molecule has 8 heteroatoms. The molecule has 2 aromatic heterocycles. The third-order valence-electron chi connectivity index (χ3n) is 2.84. The Morgan fingerprint density at radius 3 is 2.80 bits per heavy atom. The van der Waals surface area contributed by atoms with Crippen LogP contribution >= 0.6 is 11.3 Å². The van der Waals surface area contributed by atoms with Crippen molar-refractivity contribution in [2.24, 2.45) is 5.16 Å². The molecule has 2 heterocycles. The van der Waals surface area contributed by atoms with Crippen LogP contribution in [0.2, 0.25) is 0 Å². The predicted molar refractivity (Wildman–Crippen MR) is 73.6 cm³/mol. The van der Waals surface area contributed by atoms with Gasteiger partial charge in [0.2, 0.25) is 12.4 Å². The number of imidazole rings is 1. The minimum atomic E-state index is -0.0258. The van der Waals surface area contributed by atoms with Gasteiger partial charge in [0.25, 0.3) is 6.21 Å². The first-order chi connectivity index (χ1) is 9.52. The Balaban J connectivity index is 2.21. The van der Waals surface area contributed by atoms with Gasteiger partial charge >= 0.3 is 0 Å². The summed E-state index contributed by atoms with van der Waals surface area (Å²) < 4.78 is 1.70. The molecule has 106 valence electrons. The molecule has 2 aromatic rings. The van der Waals surface area contributed by atoms with E-state index in [9.17, 15) is 10.4 Å². The SMILES string of the molecule is Cc1nc(C=[N+](O)CC(=NO)c2cccs2)n(O)c1C. The van der Waals surface area contributed by atoms with Gasteiger partial charge in [0.15, 0.2) is 5.71 Å². The summed E-state index contributed by atoms with van der Waals surface area (Å²) in [5.74, 6) is 0.200. The zero-order valence-corrected chi connectivity index (χ0v) is 11.9. The lowest BCUT2D eigenvalue weighted by Gasteiger charge is -1.97. The fraction of sp³-hybridized carbons (Fsp3) is 0.250. The maximum Gasteiger partial charge on any atom is 0.261 e. The molecule has 0 amide bonds. The zero-order valence-electron chi connectivity index (χ0n) is 11.1. The maximum absolute atomic E-state index is 9.85. The monoisotopic (exact) mass is 295 g/mol. The highest BCUT2D eigenvalue weighted by atomic mass is 32.1. The lowest BCUT2D eigenvalue weighted by molar-refractivity contribution is -0.761. The van der Waals surface area contributed by atoms with Gasteiger partial charge in [-0.1, -0.05) is 11.2 Å². The van der Waals surface area contributed by atoms with Gasteiger partial charge in [0, 0.05) is 0 Å². The zero-order chi connectivity index (χ0) is 14.7. The summed E-state index contributed by atoms with van der Waals surface area (Å²) in [6.07, 6.45) is 1.26. The molecule has 0 unspecified atom stereocenters. The molecular weight excluding hydrogens is 280 g/mol. The van der Waals surface area contributed by atoms with E-state index < -0.39 is 0 Å². The second-order valence-electron chi connectivity index (χ2n) is 4.20. The van der Waals surface area contributed by atoms with E-state index in [1.807, 2.05) is 11.4 Å². The van der Waals surface area contributed by atoms with Gasteiger partial charge in [-0.25, -0.2) is 4.98 Å². The van der Waals surface area contributed by atoms with Gasteiger partial charge in [-0.3, -0.25) is 5.21 Å². The lowest BCUT2D eigenvalue weighted by atomic mass is 10.3. The number of thiophene rings is 1. The summed E-state index contributed by atoms with van der Waals surface area (Å²) in [6.45, 7) is 3.45. The van der Waals surface area contributed by atoms with Crippen molar-refractivity contribution in [2.45, 2.75) is 13.8 Å². The van der Waals surface area contributed by atoms with Crippen molar-refractivity contribution in [1.29, 1.82) is 0 Å². The lowest BCUT2D eigenvalue weighted by Crippen LogP contribution is -2.20. The van der Waals surface area contributed by atoms with Crippen LogP contribution in [-0.4, -0.2) is 48.5 Å². The van der Waals surface area contributed by atoms with Crippen LogP contribution in [0.5, 0.6) is 0 Å². The Labute approximate surface area is 119 Å². The van der Waals surface area contributed by atoms with Gasteiger partial charge in [-0.2, -0.15) is 4.73 Å². The van der Waals surface area contributed by atoms with Crippen molar-refractivity contribution in [3.05, 3.63) is 39.6 Å². The molecule has 0 aliphatic heterocycles. The number of oxime groups is 1. The topological polar surface area (TPSA) is 93.9 Å². The van der Waals surface area contributed by atoms with Crippen LogP contribution in [0.25, 0.3) is 0 Å². The first-order valence-electron chi connectivity index (χ1n) is 5.83. The number of hydrogen-bond donors (Lipinski definition) is 3. The van der Waals surface area contributed by atoms with Crippen molar-refractivity contribution < 1.29 is 20.4 Å². The number of aryl methyl sites for hydroxylation is 1. The molecule has 0 saturated carbocycles. The molecule has 0 spiro atoms. The van der Waals surface area contributed by atoms with E-state index in [0.29, 0.717) is 17.1 Å². The number of aromatic nitrogens is 2. The van der Waals surface area contributed by atoms with Crippen molar-refractivity contribution >= 4 is 23.3 Å². The molecule has 0 radical (unpaired) electrons. The molecule has 20 heavy (non-hydrogen) atoms. The first kappa shape index (κ1) is 14.1. The highest BCUT2D eigenvalue weighted by Gasteiger charge is 2.17. The van der Waals surface area contributed by atoms with Gasteiger partial charge in [-0.05, 0) is 30.0 Å². The van der Waals surface area contributed by atoms with E-state index in [-0.39, 0.29) is 12.4 Å². The van der Waals surface area contributed by atoms with Gasteiger partial charge in [0.05, 0.1) is 16.3 Å². The van der Waals surface area contributed by atoms with Gasteiger partial charge < -0.3 is 10.4 Å². The third kappa shape index (κ3) is 2.80. The highest BCUT2D eigenvalue weighted by molar-refractivity contribution is 7.12. The number of nitrogens with zero attached hydrogens (tertiary/aromatic N) is 4. The van der Waals surface area contributed by atoms with E-state index in [1.165, 1.54) is 17.6 Å². The first-order valence-corrected chi connectivity index (χ1v) is 6.71. The van der Waals surface area contributed by atoms with Gasteiger partial charge in [0.1, 0.15) is 0 Å². The van der Waals surface area contributed by atoms with Crippen molar-refractivity contribution in [3.8, 4) is 0 Å². The van der Waals surface area contributed by atoms with Crippen molar-refractivity contribution in [2.75, 3.05) is 6.54 Å². The Morgan fingerprint density at radius 1 is 1.55 bits per heavy atom. The Hall–Kier alpha value is -2.35. The average Bonchev–Trinajstić information content (AvgIpc) is 3.02. The van der Waals surface area contributed by atoms with Crippen LogP contribution < -0.4 is 0 Å². The molecule has 0 aliphatic carbocycles. The van der Waals surface area contributed by atoms with Crippen LogP contribution in [0.1, 0.15) is 22.1 Å². The number of hydroxylamine groups is 1. The van der Waals surface area contributed by atoms with Crippen LogP contribution in [0.4, 0.5) is 0 Å². The quantitative estimate of drug-likeness (QED) is 0.262. The van der Waals surface area contributed by atoms with E-state index in [0.717, 1.165) is 14.3 Å². The summed E-state index contributed by atoms with van der Waals surface area (Å²) in [5.41, 5.74) is 1.59. The van der Waals surface area contributed by atoms with Gasteiger partial charge in [-0.15, -0.1) is 11.3 Å². The van der Waals surface area contributed by atoms with Crippen molar-refractivity contribution in [1.82, 2.24) is 9.71 Å². The smallest absolute Gasteiger partial charge is 0.261 e. The molecule has 0 saturated heterocycles. The second-order valence-corrected chi connectivity index (χ2v) is 5.15. The van der Waals surface area contributed by atoms with E-state index in [1.54, 1.807) is 19.9 Å². The minimum absolute atomic E-state index is 0.0258. The Kier molecular flexibility index (Phi) is 4.04. The van der Waals surface area contributed by atoms with Crippen LogP contribution in [0.15, 0.2) is 22.7 Å². The highest BCUT2D eigenvalue weighted by Crippen LogP contribution is 2.10. The third-order valence-corrected chi connectivity index (χ3v) is 3.76. The predicted octanol–water partition coefficient (Wildman–Crippen LogP) is 1.50. The molecule has 3 N–H and O–H groups in total. The van der Waals surface area contributed by atoms with Crippen LogP contribution in [-0.2, 0) is 0 Å². The molecule has 0 fully saturated rings. The number of rotatable bonds is 4. The summed E-state index contributed by atoms with van der Waals surface area (Å²) in [6, 6.07) is 3.61. The summed E-state index contributed by atoms with van der Waals surface area (Å²) in [4.78, 5) is 4.85. The Bertz CT molecular complexity index is 659. The maximum atomic E-state index is 9.85. The Morgan fingerprint density at radius 2 is 2.30 bits per heavy atom. The standard InChI is InChI=1S/C12H14N4O3S/c1-8-9(2)16(19)12(13-8)7-15(18)6-10(14-17)11-4-3-5-20-11/h3-5,7H,6H2,1-2H3,(H2-,17,18,19)/p+1. The van der Waals surface area contributed by atoms with Crippen molar-refractivity contribution in [3.63, 3.8) is 0 Å². The fourth-order valence-electron chi connectivity index (χ4n) is 1.64. The molecule has 2 rings (SSSR count). The fourth-order valence-corrected chi connectivity index (χ4v) is 2.34. The number of hydrogen-bond acceptors (Lipinski definition) is 6.